The average molecular weight is 919 g/mol. The number of furan rings is 1. The molecule has 0 spiro atoms. The van der Waals surface area contributed by atoms with Gasteiger partial charge in [-0.2, -0.15) is 0 Å². The van der Waals surface area contributed by atoms with Gasteiger partial charge in [-0.15, -0.1) is 27.3 Å². The van der Waals surface area contributed by atoms with Gasteiger partial charge in [-0.1, -0.05) is 126 Å². The predicted octanol–water partition coefficient (Wildman–Crippen LogP) is -19.4. The lowest BCUT2D eigenvalue weighted by atomic mass is 9.55. The first-order valence-corrected chi connectivity index (χ1v) is 23.5. The standard InChI is InChI=1S/C50B28O/c51-21-15(7-5-1-3-11(30(60)24(5)54)36(66)43(73)38(68)13(3)34(64)32(62)9(1)28(58)26(7)56)22(52)17(18-40(70)45(75)41(71)19-20-42(72)46(76)47(77)48(78)50(20)79-49(18)19)23(53)16(21)8-6-2-4-12(31(61)25(6)55)37(67)44(74)39(69)14(4)35(65)33(63)10(2)29(59)27(8)57. The minimum Gasteiger partial charge on any atom is -0.456 e. The molecule has 11 aromatic carbocycles. The van der Waals surface area contributed by atoms with Gasteiger partial charge in [0, 0.05) is 16.3 Å². The molecule has 0 aliphatic carbocycles. The zero-order valence-electron chi connectivity index (χ0n) is 41.6. The number of fused-ring (bicyclic) bond motifs is 3. The van der Waals surface area contributed by atoms with Crippen LogP contribution in [0.4, 0.5) is 0 Å². The average Bonchev–Trinajstić information content (AvgIpc) is 2.59. The zero-order valence-corrected chi connectivity index (χ0v) is 41.6. The van der Waals surface area contributed by atoms with Crippen molar-refractivity contribution in [1.29, 1.82) is 0 Å². The quantitative estimate of drug-likeness (QED) is 0.127. The first-order chi connectivity index (χ1) is 37.0. The van der Waals surface area contributed by atoms with Crippen molar-refractivity contribution in [3.8, 4) is 33.4 Å². The van der Waals surface area contributed by atoms with E-state index in [1.807, 2.05) is 0 Å². The highest BCUT2D eigenvalue weighted by molar-refractivity contribution is 6.79. The van der Waals surface area contributed by atoms with Gasteiger partial charge >= 0.3 is 0 Å². The van der Waals surface area contributed by atoms with Gasteiger partial charge in [0.15, 0.2) is 0 Å². The second-order valence-electron chi connectivity index (χ2n) is 19.8. The van der Waals surface area contributed by atoms with Gasteiger partial charge in [0.1, 0.15) is 231 Å². The van der Waals surface area contributed by atoms with E-state index in [1.54, 1.807) is 0 Å². The Bertz CT molecular complexity index is 4700. The third-order valence-electron chi connectivity index (χ3n) is 16.2. The minimum atomic E-state index is -0.281. The molecule has 0 unspecified atom stereocenters. The van der Waals surface area contributed by atoms with Crippen molar-refractivity contribution < 1.29 is 4.42 Å². The monoisotopic (exact) mass is 924 g/mol. The van der Waals surface area contributed by atoms with Crippen LogP contribution in [0, 0.1) is 0 Å². The molecule has 290 valence electrons. The molecule has 12 aromatic rings. The van der Waals surface area contributed by atoms with Crippen LogP contribution in [0.2, 0.25) is 0 Å². The molecule has 0 aliphatic rings. The lowest BCUT2D eigenvalue weighted by molar-refractivity contribution is 0.673. The predicted molar refractivity (Wildman–Crippen MR) is 368 cm³/mol. The minimum absolute atomic E-state index is 0.0225. The first kappa shape index (κ1) is 54.7. The Balaban J connectivity index is 1.41. The molecular formula is C50B28O. The van der Waals surface area contributed by atoms with Crippen LogP contribution in [0.1, 0.15) is 0 Å². The highest BCUT2D eigenvalue weighted by Gasteiger charge is 2.33. The Kier molecular flexibility index (Phi) is 12.3. The Morgan fingerprint density at radius 1 is 0.114 bits per heavy atom. The molecule has 0 fully saturated rings. The largest absolute Gasteiger partial charge is 0.456 e. The van der Waals surface area contributed by atoms with Gasteiger partial charge in [0.2, 0.25) is 0 Å². The summed E-state index contributed by atoms with van der Waals surface area (Å²) in [6.45, 7) is 0. The van der Waals surface area contributed by atoms with E-state index in [4.69, 9.17) is 224 Å². The molecule has 1 aromatic heterocycles. The van der Waals surface area contributed by atoms with Crippen LogP contribution < -0.4 is 153 Å². The van der Waals surface area contributed by atoms with Crippen LogP contribution in [0.5, 0.6) is 0 Å². The third-order valence-corrected chi connectivity index (χ3v) is 16.2. The molecule has 0 saturated heterocycles. The van der Waals surface area contributed by atoms with Crippen LogP contribution in [-0.2, 0) is 0 Å². The molecule has 29 heteroatoms. The number of hydrogen-bond donors (Lipinski definition) is 0. The van der Waals surface area contributed by atoms with E-state index in [0.717, 1.165) is 0 Å². The van der Waals surface area contributed by atoms with E-state index in [-0.39, 0.29) is 273 Å². The second-order valence-corrected chi connectivity index (χ2v) is 19.8. The lowest BCUT2D eigenvalue weighted by Crippen LogP contribution is -2.49. The molecule has 12 rings (SSSR count). The zero-order chi connectivity index (χ0) is 57.6. The lowest BCUT2D eigenvalue weighted by Gasteiger charge is -2.34. The summed E-state index contributed by atoms with van der Waals surface area (Å²) in [5, 5.41) is 2.19. The van der Waals surface area contributed by atoms with Gasteiger partial charge in [0.05, 0.1) is 0 Å². The van der Waals surface area contributed by atoms with Crippen molar-refractivity contribution in [2.24, 2.45) is 0 Å². The van der Waals surface area contributed by atoms with Crippen molar-refractivity contribution in [3.05, 3.63) is 0 Å². The van der Waals surface area contributed by atoms with Gasteiger partial charge in [-0.3, -0.25) is 0 Å². The smallest absolute Gasteiger partial charge is 0.141 e. The molecule has 79 heavy (non-hydrogen) atoms. The molecule has 0 aliphatic heterocycles. The summed E-state index contributed by atoms with van der Waals surface area (Å²) in [6, 6.07) is 0. The van der Waals surface area contributed by atoms with Crippen molar-refractivity contribution in [3.63, 3.8) is 0 Å². The summed E-state index contributed by atoms with van der Waals surface area (Å²) in [4.78, 5) is 0. The van der Waals surface area contributed by atoms with Gasteiger partial charge in [0.25, 0.3) is 0 Å². The summed E-state index contributed by atoms with van der Waals surface area (Å²) < 4.78 is 6.62. The molecule has 0 saturated carbocycles. The Morgan fingerprint density at radius 3 is 0.633 bits per heavy atom. The van der Waals surface area contributed by atoms with E-state index < -0.39 is 0 Å². The SMILES string of the molecule is [B]c1c(-c2c([B])c([B])c([B])c3c2oc2c([B])c([B])c([B])c([B])c23)c([B])c(-c2c([B])c([B])c3c([B])c([B])c4c([B])c([B])c([B])c5c([B])c([B])c2c3c45)c([B])c1-c1c([B])c([B])c2c([B])c([B])c3c([B])c([B])c([B])c4c([B])c([B])c1c2c34. The maximum Gasteiger partial charge on any atom is 0.141 e. The van der Waals surface area contributed by atoms with E-state index in [9.17, 15) is 0 Å². The second kappa shape index (κ2) is 17.8. The maximum atomic E-state index is 7.68. The summed E-state index contributed by atoms with van der Waals surface area (Å²) in [5.41, 5.74) is -4.17. The Labute approximate surface area is 493 Å². The Hall–Kier alpha value is -4.88. The van der Waals surface area contributed by atoms with E-state index in [1.165, 1.54) is 0 Å². The fraction of sp³-hybridized carbons (Fsp3) is 0. The van der Waals surface area contributed by atoms with E-state index in [0.29, 0.717) is 0 Å². The van der Waals surface area contributed by atoms with E-state index in [2.05, 4.69) is 0 Å². The molecule has 56 radical (unpaired) electrons. The molecule has 1 nitrogen and oxygen atoms in total. The molecule has 0 bridgehead atoms. The third kappa shape index (κ3) is 6.47. The van der Waals surface area contributed by atoms with Gasteiger partial charge < -0.3 is 4.42 Å². The van der Waals surface area contributed by atoms with Crippen molar-refractivity contribution in [1.82, 2.24) is 0 Å². The highest BCUT2D eigenvalue weighted by Crippen LogP contribution is 2.39. The first-order valence-electron chi connectivity index (χ1n) is 23.5. The van der Waals surface area contributed by atoms with Crippen molar-refractivity contribution >= 4 is 459 Å². The summed E-state index contributed by atoms with van der Waals surface area (Å²) in [5.74, 6) is 0. The van der Waals surface area contributed by atoms with Crippen LogP contribution >= 0.6 is 0 Å². The molecule has 1 heterocycles. The van der Waals surface area contributed by atoms with Gasteiger partial charge in [-0.25, -0.2) is 0 Å². The highest BCUT2D eigenvalue weighted by atomic mass is 16.3. The summed E-state index contributed by atoms with van der Waals surface area (Å²) in [6.07, 6.45) is 0. The topological polar surface area (TPSA) is 13.1 Å². The van der Waals surface area contributed by atoms with Crippen LogP contribution in [-0.4, -0.2) is 220 Å². The van der Waals surface area contributed by atoms with Crippen LogP contribution in [0.15, 0.2) is 4.42 Å². The summed E-state index contributed by atoms with van der Waals surface area (Å²) in [7, 11) is 194. The number of rotatable bonds is 3. The van der Waals surface area contributed by atoms with E-state index >= 15 is 0 Å². The van der Waals surface area contributed by atoms with Crippen LogP contribution in [0.3, 0.4) is 0 Å². The molecule has 0 N–H and O–H groups in total. The fourth-order valence-corrected chi connectivity index (χ4v) is 12.3. The number of benzene rings is 11. The fourth-order valence-electron chi connectivity index (χ4n) is 12.3. The summed E-state index contributed by atoms with van der Waals surface area (Å²) >= 11 is 0. The number of hydrogen-bond acceptors (Lipinski definition) is 1. The Morgan fingerprint density at radius 2 is 0.304 bits per heavy atom. The van der Waals surface area contributed by atoms with Crippen molar-refractivity contribution in [2.45, 2.75) is 0 Å². The van der Waals surface area contributed by atoms with Crippen LogP contribution in [0.25, 0.3) is 120 Å². The molecule has 0 atom stereocenters. The molecule has 0 amide bonds. The van der Waals surface area contributed by atoms with Crippen molar-refractivity contribution in [2.75, 3.05) is 0 Å². The normalized spacial score (nSPS) is 12.2. The van der Waals surface area contributed by atoms with Gasteiger partial charge in [-0.05, 0) is 92.5 Å². The maximum absolute atomic E-state index is 7.68. The molecular weight excluding hydrogens is 919 g/mol.